The number of halogens is 1. The number of benzene rings is 1. The van der Waals surface area contributed by atoms with Crippen molar-refractivity contribution in [3.05, 3.63) is 46.3 Å². The van der Waals surface area contributed by atoms with Crippen molar-refractivity contribution in [2.75, 3.05) is 12.4 Å². The summed E-state index contributed by atoms with van der Waals surface area (Å²) in [5, 5.41) is 3.29. The van der Waals surface area contributed by atoms with Crippen molar-refractivity contribution < 1.29 is 4.74 Å². The number of aromatic nitrogens is 2. The first-order valence-electron chi connectivity index (χ1n) is 6.12. The number of hydrogen-bond acceptors (Lipinski definition) is 4. The molecule has 5 heteroatoms. The number of nitrogens with one attached hydrogen (secondary N) is 1. The molecule has 1 aromatic heterocycles. The first-order valence-corrected chi connectivity index (χ1v) is 6.91. The molecule has 0 saturated carbocycles. The zero-order valence-corrected chi connectivity index (χ0v) is 12.6. The molecule has 0 atom stereocenters. The topological polar surface area (TPSA) is 47.0 Å². The number of hydrogen-bond donors (Lipinski definition) is 1. The van der Waals surface area contributed by atoms with Crippen molar-refractivity contribution in [1.82, 2.24) is 9.97 Å². The molecule has 1 heterocycles. The Bertz CT molecular complexity index is 560. The van der Waals surface area contributed by atoms with Crippen LogP contribution in [-0.4, -0.2) is 17.1 Å². The van der Waals surface area contributed by atoms with Gasteiger partial charge in [-0.1, -0.05) is 25.1 Å². The van der Waals surface area contributed by atoms with Gasteiger partial charge < -0.3 is 10.1 Å². The molecule has 0 unspecified atom stereocenters. The molecule has 1 aromatic carbocycles. The fourth-order valence-corrected chi connectivity index (χ4v) is 2.17. The summed E-state index contributed by atoms with van der Waals surface area (Å²) in [7, 11) is 1.68. The maximum Gasteiger partial charge on any atom is 0.131 e. The SMILES string of the molecule is CCc1nc(Br)cc(NCc2ccccc2OC)n1. The van der Waals surface area contributed by atoms with Crippen LogP contribution in [0.15, 0.2) is 34.9 Å². The quantitative estimate of drug-likeness (QED) is 0.857. The van der Waals surface area contributed by atoms with E-state index in [9.17, 15) is 0 Å². The number of para-hydroxylation sites is 1. The maximum absolute atomic E-state index is 5.32. The molecule has 0 bridgehead atoms. The lowest BCUT2D eigenvalue weighted by Gasteiger charge is -2.10. The third-order valence-electron chi connectivity index (χ3n) is 2.71. The van der Waals surface area contributed by atoms with Gasteiger partial charge in [0.25, 0.3) is 0 Å². The molecule has 0 aliphatic carbocycles. The lowest BCUT2D eigenvalue weighted by molar-refractivity contribution is 0.410. The average molecular weight is 322 g/mol. The van der Waals surface area contributed by atoms with Crippen molar-refractivity contribution in [3.63, 3.8) is 0 Å². The van der Waals surface area contributed by atoms with E-state index in [1.54, 1.807) is 7.11 Å². The molecule has 4 nitrogen and oxygen atoms in total. The Balaban J connectivity index is 2.12. The molecule has 0 amide bonds. The summed E-state index contributed by atoms with van der Waals surface area (Å²) in [6.45, 7) is 2.70. The first-order chi connectivity index (χ1) is 9.22. The molecule has 1 N–H and O–H groups in total. The third-order valence-corrected chi connectivity index (χ3v) is 3.12. The summed E-state index contributed by atoms with van der Waals surface area (Å²) in [5.41, 5.74) is 1.10. The molecule has 2 aromatic rings. The monoisotopic (exact) mass is 321 g/mol. The van der Waals surface area contributed by atoms with E-state index in [2.05, 4.69) is 31.2 Å². The zero-order valence-electron chi connectivity index (χ0n) is 11.0. The second kappa shape index (κ2) is 6.52. The van der Waals surface area contributed by atoms with Crippen molar-refractivity contribution in [1.29, 1.82) is 0 Å². The molecule has 0 saturated heterocycles. The van der Waals surface area contributed by atoms with Gasteiger partial charge in [-0.25, -0.2) is 9.97 Å². The largest absolute Gasteiger partial charge is 0.496 e. The van der Waals surface area contributed by atoms with E-state index in [0.717, 1.165) is 34.0 Å². The first kappa shape index (κ1) is 13.8. The van der Waals surface area contributed by atoms with E-state index in [1.807, 2.05) is 37.3 Å². The van der Waals surface area contributed by atoms with Crippen LogP contribution in [0.5, 0.6) is 5.75 Å². The van der Waals surface area contributed by atoms with Crippen molar-refractivity contribution in [3.8, 4) is 5.75 Å². The molecule has 0 aliphatic heterocycles. The molecule has 0 spiro atoms. The van der Waals surface area contributed by atoms with Crippen LogP contribution in [0.1, 0.15) is 18.3 Å². The Kier molecular flexibility index (Phi) is 4.74. The zero-order chi connectivity index (χ0) is 13.7. The van der Waals surface area contributed by atoms with Crippen molar-refractivity contribution in [2.24, 2.45) is 0 Å². The minimum atomic E-state index is 0.663. The van der Waals surface area contributed by atoms with Crippen LogP contribution in [0, 0.1) is 0 Å². The Morgan fingerprint density at radius 2 is 2.05 bits per heavy atom. The summed E-state index contributed by atoms with van der Waals surface area (Å²) in [4.78, 5) is 8.71. The van der Waals surface area contributed by atoms with Crippen LogP contribution in [-0.2, 0) is 13.0 Å². The highest BCUT2D eigenvalue weighted by atomic mass is 79.9. The molecular weight excluding hydrogens is 306 g/mol. The Morgan fingerprint density at radius 1 is 1.26 bits per heavy atom. The summed E-state index contributed by atoms with van der Waals surface area (Å²) in [6.07, 6.45) is 0.808. The molecule has 0 radical (unpaired) electrons. The van der Waals surface area contributed by atoms with Gasteiger partial charge in [0.05, 0.1) is 7.11 Å². The number of nitrogens with zero attached hydrogens (tertiary/aromatic N) is 2. The summed E-state index contributed by atoms with van der Waals surface area (Å²) in [6, 6.07) is 9.80. The minimum Gasteiger partial charge on any atom is -0.496 e. The Morgan fingerprint density at radius 3 is 2.79 bits per heavy atom. The average Bonchev–Trinajstić information content (AvgIpc) is 2.44. The van der Waals surface area contributed by atoms with Gasteiger partial charge >= 0.3 is 0 Å². The molecule has 2 rings (SSSR count). The molecule has 0 aliphatic rings. The Hall–Kier alpha value is -1.62. The molecule has 0 fully saturated rings. The second-order valence-corrected chi connectivity index (χ2v) is 4.82. The lowest BCUT2D eigenvalue weighted by atomic mass is 10.2. The second-order valence-electron chi connectivity index (χ2n) is 4.01. The summed E-state index contributed by atoms with van der Waals surface area (Å²) < 4.78 is 6.11. The highest BCUT2D eigenvalue weighted by Gasteiger charge is 2.04. The fourth-order valence-electron chi connectivity index (χ4n) is 1.75. The summed E-state index contributed by atoms with van der Waals surface area (Å²) in [5.74, 6) is 2.50. The predicted octanol–water partition coefficient (Wildman–Crippen LogP) is 3.42. The number of ether oxygens (including phenoxy) is 1. The maximum atomic E-state index is 5.32. The summed E-state index contributed by atoms with van der Waals surface area (Å²) >= 11 is 3.39. The van der Waals surface area contributed by atoms with E-state index in [0.29, 0.717) is 6.54 Å². The van der Waals surface area contributed by atoms with Crippen LogP contribution in [0.3, 0.4) is 0 Å². The Labute approximate surface area is 121 Å². The van der Waals surface area contributed by atoms with Gasteiger partial charge in [0, 0.05) is 24.6 Å². The van der Waals surface area contributed by atoms with Gasteiger partial charge in [0.1, 0.15) is 22.0 Å². The molecular formula is C14H16BrN3O. The fraction of sp³-hybridized carbons (Fsp3) is 0.286. The van der Waals surface area contributed by atoms with Gasteiger partial charge in [-0.3, -0.25) is 0 Å². The van der Waals surface area contributed by atoms with Crippen molar-refractivity contribution in [2.45, 2.75) is 19.9 Å². The number of anilines is 1. The van der Waals surface area contributed by atoms with Crippen molar-refractivity contribution >= 4 is 21.7 Å². The van der Waals surface area contributed by atoms with Crippen LogP contribution >= 0.6 is 15.9 Å². The highest BCUT2D eigenvalue weighted by Crippen LogP contribution is 2.19. The van der Waals surface area contributed by atoms with Gasteiger partial charge in [-0.05, 0) is 22.0 Å². The van der Waals surface area contributed by atoms with E-state index < -0.39 is 0 Å². The minimum absolute atomic E-state index is 0.663. The smallest absolute Gasteiger partial charge is 0.131 e. The normalized spacial score (nSPS) is 10.3. The van der Waals surface area contributed by atoms with E-state index in [-0.39, 0.29) is 0 Å². The standard InChI is InChI=1S/C14H16BrN3O/c1-3-13-17-12(15)8-14(18-13)16-9-10-6-4-5-7-11(10)19-2/h4-8H,3,9H2,1-2H3,(H,16,17,18). The highest BCUT2D eigenvalue weighted by molar-refractivity contribution is 9.10. The van der Waals surface area contributed by atoms with Gasteiger partial charge in [-0.15, -0.1) is 0 Å². The van der Waals surface area contributed by atoms with Gasteiger partial charge in [0.2, 0.25) is 0 Å². The predicted molar refractivity (Wildman–Crippen MR) is 79.4 cm³/mol. The van der Waals surface area contributed by atoms with E-state index >= 15 is 0 Å². The van der Waals surface area contributed by atoms with Crippen LogP contribution in [0.25, 0.3) is 0 Å². The molecule has 100 valence electrons. The molecule has 19 heavy (non-hydrogen) atoms. The van der Waals surface area contributed by atoms with Crippen LogP contribution in [0.4, 0.5) is 5.82 Å². The van der Waals surface area contributed by atoms with Crippen LogP contribution in [0.2, 0.25) is 0 Å². The number of methoxy groups -OCH3 is 1. The lowest BCUT2D eigenvalue weighted by Crippen LogP contribution is -2.05. The van der Waals surface area contributed by atoms with E-state index in [1.165, 1.54) is 0 Å². The number of aryl methyl sites for hydroxylation is 1. The third kappa shape index (κ3) is 3.67. The van der Waals surface area contributed by atoms with E-state index in [4.69, 9.17) is 4.74 Å². The van der Waals surface area contributed by atoms with Crippen LogP contribution < -0.4 is 10.1 Å². The van der Waals surface area contributed by atoms with Gasteiger partial charge in [-0.2, -0.15) is 0 Å². The number of rotatable bonds is 5. The van der Waals surface area contributed by atoms with Gasteiger partial charge in [0.15, 0.2) is 0 Å².